The summed E-state index contributed by atoms with van der Waals surface area (Å²) < 4.78 is 14.2. The van der Waals surface area contributed by atoms with Crippen LogP contribution in [0.2, 0.25) is 5.02 Å². The molecule has 23 heavy (non-hydrogen) atoms. The molecule has 0 bridgehead atoms. The molecule has 0 radical (unpaired) electrons. The maximum Gasteiger partial charge on any atom is 0.208 e. The molecule has 0 aliphatic carbocycles. The minimum atomic E-state index is -0.310. The first-order chi connectivity index (χ1) is 11.1. The zero-order valence-electron chi connectivity index (χ0n) is 12.4. The van der Waals surface area contributed by atoms with E-state index < -0.39 is 0 Å². The van der Waals surface area contributed by atoms with Crippen molar-refractivity contribution in [3.05, 3.63) is 47.2 Å². The first-order valence-corrected chi connectivity index (χ1v) is 9.33. The maximum absolute atomic E-state index is 14.2. The second-order valence-corrected chi connectivity index (χ2v) is 6.47. The Kier molecular flexibility index (Phi) is 6.34. The first kappa shape index (κ1) is 17.7. The lowest BCUT2D eigenvalue weighted by Crippen LogP contribution is -2.06. The molecule has 2 aromatic carbocycles. The number of thioether (sulfide) groups is 2. The molecule has 0 saturated carbocycles. The number of hydrogen-bond acceptors (Lipinski definition) is 4. The van der Waals surface area contributed by atoms with Gasteiger partial charge in [-0.25, -0.2) is 4.39 Å². The Balaban J connectivity index is 2.33. The van der Waals surface area contributed by atoms with Gasteiger partial charge in [0.25, 0.3) is 0 Å². The Labute approximate surface area is 148 Å². The van der Waals surface area contributed by atoms with Crippen molar-refractivity contribution in [2.45, 2.75) is 4.90 Å². The van der Waals surface area contributed by atoms with Gasteiger partial charge in [-0.05, 0) is 36.8 Å². The summed E-state index contributed by atoms with van der Waals surface area (Å²) in [4.78, 5) is 4.51. The van der Waals surface area contributed by atoms with Crippen molar-refractivity contribution in [1.29, 1.82) is 5.26 Å². The first-order valence-electron chi connectivity index (χ1n) is 6.50. The van der Waals surface area contributed by atoms with Gasteiger partial charge in [0.05, 0.1) is 5.02 Å². The lowest BCUT2D eigenvalue weighted by Gasteiger charge is -2.11. The van der Waals surface area contributed by atoms with Crippen LogP contribution in [0, 0.1) is 17.3 Å². The summed E-state index contributed by atoms with van der Waals surface area (Å²) >= 11 is 9.09. The molecule has 0 spiro atoms. The largest absolute Gasteiger partial charge is 0.334 e. The number of hydrogen-bond donors (Lipinski definition) is 1. The minimum Gasteiger partial charge on any atom is -0.334 e. The summed E-state index contributed by atoms with van der Waals surface area (Å²) in [5.74, 6) is -0.310. The molecular weight excluding hydrogens is 353 g/mol. The van der Waals surface area contributed by atoms with Gasteiger partial charge in [0.15, 0.2) is 5.17 Å². The Morgan fingerprint density at radius 2 is 1.96 bits per heavy atom. The molecule has 1 N–H and O–H groups in total. The smallest absolute Gasteiger partial charge is 0.208 e. The third-order valence-electron chi connectivity index (χ3n) is 3.03. The van der Waals surface area contributed by atoms with Crippen LogP contribution >= 0.6 is 35.1 Å². The number of benzene rings is 2. The third-order valence-corrected chi connectivity index (χ3v) is 4.65. The number of amidine groups is 1. The van der Waals surface area contributed by atoms with E-state index in [4.69, 9.17) is 16.9 Å². The Morgan fingerprint density at radius 1 is 1.22 bits per heavy atom. The van der Waals surface area contributed by atoms with Gasteiger partial charge in [-0.15, -0.1) is 16.8 Å². The summed E-state index contributed by atoms with van der Waals surface area (Å²) in [5, 5.41) is 12.5. The van der Waals surface area contributed by atoms with Crippen molar-refractivity contribution in [2.24, 2.45) is 4.99 Å². The van der Waals surface area contributed by atoms with Crippen LogP contribution in [0.1, 0.15) is 0 Å². The number of nitrogens with one attached hydrogen (secondary N) is 1. The van der Waals surface area contributed by atoms with Crippen LogP contribution in [-0.4, -0.2) is 17.7 Å². The van der Waals surface area contributed by atoms with E-state index in [-0.39, 0.29) is 5.82 Å². The SMILES string of the molecule is CSC(=NC#N)Nc1ccc(-c2ccc(SC)cc2F)c(Cl)c1. The van der Waals surface area contributed by atoms with E-state index >= 15 is 0 Å². The van der Waals surface area contributed by atoms with Gasteiger partial charge >= 0.3 is 0 Å². The molecule has 7 heteroatoms. The number of nitrogens with zero attached hydrogens (tertiary/aromatic N) is 2. The zero-order chi connectivity index (χ0) is 16.8. The average Bonchev–Trinajstić information content (AvgIpc) is 2.55. The molecule has 2 aromatic rings. The minimum absolute atomic E-state index is 0.310. The number of anilines is 1. The van der Waals surface area contributed by atoms with Crippen LogP contribution in [0.4, 0.5) is 10.1 Å². The summed E-state index contributed by atoms with van der Waals surface area (Å²) in [6.07, 6.45) is 5.43. The predicted octanol–water partition coefficient (Wildman–Crippen LogP) is 5.48. The molecule has 0 fully saturated rings. The summed E-state index contributed by atoms with van der Waals surface area (Å²) in [5.41, 5.74) is 1.75. The zero-order valence-corrected chi connectivity index (χ0v) is 14.8. The van der Waals surface area contributed by atoms with Crippen molar-refractivity contribution < 1.29 is 4.39 Å². The second-order valence-electron chi connectivity index (χ2n) is 4.39. The van der Waals surface area contributed by atoms with Crippen molar-refractivity contribution in [3.63, 3.8) is 0 Å². The molecule has 0 heterocycles. The van der Waals surface area contributed by atoms with Gasteiger partial charge in [-0.3, -0.25) is 0 Å². The summed E-state index contributed by atoms with van der Waals surface area (Å²) in [7, 11) is 0. The monoisotopic (exact) mass is 365 g/mol. The predicted molar refractivity (Wildman–Crippen MR) is 98.8 cm³/mol. The lowest BCUT2D eigenvalue weighted by atomic mass is 10.0. The van der Waals surface area contributed by atoms with Crippen LogP contribution < -0.4 is 5.32 Å². The fourth-order valence-electron chi connectivity index (χ4n) is 1.95. The normalized spacial score (nSPS) is 11.2. The van der Waals surface area contributed by atoms with Gasteiger partial charge in [0.2, 0.25) is 6.19 Å². The highest BCUT2D eigenvalue weighted by Gasteiger charge is 2.11. The van der Waals surface area contributed by atoms with E-state index in [0.29, 0.717) is 27.0 Å². The molecule has 3 nitrogen and oxygen atoms in total. The van der Waals surface area contributed by atoms with Gasteiger partial charge in [0, 0.05) is 21.7 Å². The van der Waals surface area contributed by atoms with Crippen LogP contribution in [0.25, 0.3) is 11.1 Å². The number of nitriles is 1. The van der Waals surface area contributed by atoms with E-state index in [9.17, 15) is 4.39 Å². The van der Waals surface area contributed by atoms with Gasteiger partial charge in [0.1, 0.15) is 5.82 Å². The van der Waals surface area contributed by atoms with Crippen LogP contribution in [0.15, 0.2) is 46.3 Å². The highest BCUT2D eigenvalue weighted by Crippen LogP contribution is 2.33. The number of aliphatic imine (C=N–C) groups is 1. The Bertz CT molecular complexity index is 787. The molecule has 0 unspecified atom stereocenters. The van der Waals surface area contributed by atoms with E-state index in [0.717, 1.165) is 4.90 Å². The Hall–Kier alpha value is -1.68. The van der Waals surface area contributed by atoms with Crippen LogP contribution in [0.5, 0.6) is 0 Å². The van der Waals surface area contributed by atoms with Crippen molar-refractivity contribution >= 4 is 46.0 Å². The van der Waals surface area contributed by atoms with E-state index in [1.807, 2.05) is 18.6 Å². The lowest BCUT2D eigenvalue weighted by molar-refractivity contribution is 0.628. The molecular formula is C16H13ClFN3S2. The van der Waals surface area contributed by atoms with Crippen molar-refractivity contribution in [2.75, 3.05) is 17.8 Å². The van der Waals surface area contributed by atoms with Gasteiger partial charge in [-0.2, -0.15) is 5.26 Å². The molecule has 2 rings (SSSR count). The van der Waals surface area contributed by atoms with E-state index in [1.165, 1.54) is 29.6 Å². The van der Waals surface area contributed by atoms with E-state index in [2.05, 4.69) is 10.3 Å². The molecule has 0 aliphatic rings. The molecule has 0 amide bonds. The number of rotatable bonds is 3. The molecule has 118 valence electrons. The number of halogens is 2. The highest BCUT2D eigenvalue weighted by molar-refractivity contribution is 8.13. The van der Waals surface area contributed by atoms with E-state index in [1.54, 1.807) is 30.5 Å². The summed E-state index contributed by atoms with van der Waals surface area (Å²) in [6, 6.07) is 10.3. The molecule has 0 aromatic heterocycles. The topological polar surface area (TPSA) is 48.2 Å². The average molecular weight is 366 g/mol. The highest BCUT2D eigenvalue weighted by atomic mass is 35.5. The molecule has 0 saturated heterocycles. The fraction of sp³-hybridized carbons (Fsp3) is 0.125. The summed E-state index contributed by atoms with van der Waals surface area (Å²) in [6.45, 7) is 0. The van der Waals surface area contributed by atoms with Crippen LogP contribution in [-0.2, 0) is 0 Å². The second kappa shape index (κ2) is 8.25. The van der Waals surface area contributed by atoms with Gasteiger partial charge < -0.3 is 5.32 Å². The third kappa shape index (κ3) is 4.41. The molecule has 0 atom stereocenters. The fourth-order valence-corrected chi connectivity index (χ4v) is 3.01. The standard InChI is InChI=1S/C16H13ClFN3S2/c1-22-11-4-6-13(15(18)8-11)12-5-3-10(7-14(12)17)21-16(23-2)20-9-19/h3-8H,1-2H3,(H,20,21). The Morgan fingerprint density at radius 3 is 2.52 bits per heavy atom. The van der Waals surface area contributed by atoms with Gasteiger partial charge in [-0.1, -0.05) is 35.5 Å². The molecule has 0 aliphatic heterocycles. The van der Waals surface area contributed by atoms with Crippen LogP contribution in [0.3, 0.4) is 0 Å². The quantitative estimate of drug-likeness (QED) is 0.338. The van der Waals surface area contributed by atoms with Crippen molar-refractivity contribution in [1.82, 2.24) is 0 Å². The maximum atomic E-state index is 14.2. The van der Waals surface area contributed by atoms with Crippen molar-refractivity contribution in [3.8, 4) is 17.3 Å².